The molecule has 2 aliphatic heterocycles. The van der Waals surface area contributed by atoms with Crippen molar-refractivity contribution in [2.45, 2.75) is 20.4 Å². The number of hydrogen-bond acceptors (Lipinski definition) is 5. The normalized spacial score (nSPS) is 11.4. The maximum Gasteiger partial charge on any atom is 0.349 e. The Morgan fingerprint density at radius 2 is 1.91 bits per heavy atom. The van der Waals surface area contributed by atoms with Gasteiger partial charge in [-0.25, -0.2) is 9.78 Å². The van der Waals surface area contributed by atoms with E-state index in [1.807, 2.05) is 37.6 Å². The number of H-pyrrole nitrogens is 1. The highest BCUT2D eigenvalue weighted by Crippen LogP contribution is 2.23. The molecule has 0 aromatic heterocycles. The van der Waals surface area contributed by atoms with E-state index < -0.39 is 11.2 Å². The van der Waals surface area contributed by atoms with Gasteiger partial charge in [-0.1, -0.05) is 0 Å². The van der Waals surface area contributed by atoms with E-state index in [2.05, 4.69) is 20.3 Å². The summed E-state index contributed by atoms with van der Waals surface area (Å²) >= 11 is 0. The van der Waals surface area contributed by atoms with E-state index in [0.717, 1.165) is 22.2 Å². The molecule has 0 fully saturated rings. The average Bonchev–Trinajstić information content (AvgIpc) is 2.46. The van der Waals surface area contributed by atoms with Crippen LogP contribution in [0.4, 0.5) is 0 Å². The van der Waals surface area contributed by atoms with Gasteiger partial charge in [0.15, 0.2) is 11.5 Å². The fourth-order valence-electron chi connectivity index (χ4n) is 2.50. The number of nitrogens with one attached hydrogen (secondary N) is 2. The maximum absolute atomic E-state index is 12.0. The molecule has 114 valence electrons. The lowest BCUT2D eigenvalue weighted by molar-refractivity contribution is 0.650. The molecule has 0 unspecified atom stereocenters. The molecule has 0 spiro atoms. The highest BCUT2D eigenvalue weighted by Gasteiger charge is 2.18. The Balaban J connectivity index is 2.47. The summed E-state index contributed by atoms with van der Waals surface area (Å²) in [4.78, 5) is 34.1. The van der Waals surface area contributed by atoms with Crippen molar-refractivity contribution in [1.82, 2.24) is 24.8 Å². The maximum atomic E-state index is 12.0. The van der Waals surface area contributed by atoms with Gasteiger partial charge in [0.2, 0.25) is 0 Å². The van der Waals surface area contributed by atoms with Gasteiger partial charge in [-0.15, -0.1) is 0 Å². The lowest BCUT2D eigenvalue weighted by atomic mass is 10.1. The third kappa shape index (κ3) is 2.29. The molecule has 0 radical (unpaired) electrons. The quantitative estimate of drug-likeness (QED) is 0.684. The minimum atomic E-state index is -0.652. The summed E-state index contributed by atoms with van der Waals surface area (Å²) in [7, 11) is 1.85. The fourth-order valence-corrected chi connectivity index (χ4v) is 2.50. The van der Waals surface area contributed by atoms with Gasteiger partial charge in [0.1, 0.15) is 0 Å². The largest absolute Gasteiger partial charge is 0.349 e. The van der Waals surface area contributed by atoms with E-state index in [4.69, 9.17) is 0 Å². The minimum Gasteiger partial charge on any atom is -0.321 e. The Kier molecular flexibility index (Phi) is 3.50. The summed E-state index contributed by atoms with van der Waals surface area (Å²) in [6.07, 6.45) is 0. The van der Waals surface area contributed by atoms with E-state index in [1.54, 1.807) is 0 Å². The van der Waals surface area contributed by atoms with Crippen LogP contribution in [-0.4, -0.2) is 33.1 Å². The van der Waals surface area contributed by atoms with E-state index in [-0.39, 0.29) is 5.69 Å². The minimum absolute atomic E-state index is 0.187. The van der Waals surface area contributed by atoms with Crippen LogP contribution in [0.25, 0.3) is 22.6 Å². The molecule has 3 rings (SSSR count). The van der Waals surface area contributed by atoms with Gasteiger partial charge >= 0.3 is 5.69 Å². The van der Waals surface area contributed by atoms with Gasteiger partial charge in [0, 0.05) is 13.1 Å². The third-order valence-corrected chi connectivity index (χ3v) is 3.81. The number of aromatic amines is 1. The molecule has 2 N–H and O–H groups in total. The Morgan fingerprint density at radius 1 is 1.18 bits per heavy atom. The lowest BCUT2D eigenvalue weighted by Gasteiger charge is -2.17. The first-order valence-corrected chi connectivity index (χ1v) is 7.07. The first kappa shape index (κ1) is 14.4. The molecule has 0 atom stereocenters. The van der Waals surface area contributed by atoms with Crippen LogP contribution >= 0.6 is 0 Å². The molecule has 0 amide bonds. The van der Waals surface area contributed by atoms with E-state index in [0.29, 0.717) is 18.9 Å². The van der Waals surface area contributed by atoms with Crippen LogP contribution < -0.4 is 16.6 Å². The van der Waals surface area contributed by atoms with Crippen molar-refractivity contribution >= 4 is 11.0 Å². The summed E-state index contributed by atoms with van der Waals surface area (Å²) in [5, 5.41) is 3.07. The summed E-state index contributed by atoms with van der Waals surface area (Å²) in [6.45, 7) is 5.30. The Morgan fingerprint density at radius 3 is 2.64 bits per heavy atom. The molecule has 22 heavy (non-hydrogen) atoms. The number of aryl methyl sites for hydroxylation is 2. The molecule has 0 saturated heterocycles. The third-order valence-electron chi connectivity index (χ3n) is 3.81. The summed E-state index contributed by atoms with van der Waals surface area (Å²) in [6, 6.07) is 3.96. The number of rotatable bonds is 3. The molecule has 0 aliphatic carbocycles. The first-order chi connectivity index (χ1) is 10.5. The number of likely N-dealkylation sites (N-methyl/N-ethyl adjacent to an activating group) is 1. The van der Waals surface area contributed by atoms with E-state index >= 15 is 0 Å². The topological polar surface area (TPSA) is 92.7 Å². The molecular formula is C15H17N5O2. The van der Waals surface area contributed by atoms with Gasteiger partial charge < -0.3 is 9.88 Å². The second-order valence-electron chi connectivity index (χ2n) is 5.34. The highest BCUT2D eigenvalue weighted by atomic mass is 16.2. The number of hydrogen-bond donors (Lipinski definition) is 2. The summed E-state index contributed by atoms with van der Waals surface area (Å²) in [5.74, 6) is 0.319. The molecule has 1 aromatic rings. The van der Waals surface area contributed by atoms with Crippen molar-refractivity contribution in [2.75, 3.05) is 13.6 Å². The van der Waals surface area contributed by atoms with Crippen molar-refractivity contribution in [3.8, 4) is 11.5 Å². The van der Waals surface area contributed by atoms with Crippen molar-refractivity contribution < 1.29 is 0 Å². The smallest absolute Gasteiger partial charge is 0.321 e. The lowest BCUT2D eigenvalue weighted by Crippen LogP contribution is -2.30. The van der Waals surface area contributed by atoms with Crippen LogP contribution in [-0.2, 0) is 6.54 Å². The standard InChI is InChI=1S/C15H17N5O2/c1-8-6-10-11(7-9(8)2)20(5-4-16-3)13-12(17-10)14(21)19-15(22)18-13/h6-7,16H,4-5H2,1-3H3,(H,19,21,22). The molecule has 0 saturated carbocycles. The van der Waals surface area contributed by atoms with E-state index in [9.17, 15) is 9.59 Å². The van der Waals surface area contributed by atoms with Gasteiger partial charge in [0.25, 0.3) is 5.56 Å². The number of benzene rings is 1. The number of fused-ring (bicyclic) bond motifs is 2. The zero-order valence-corrected chi connectivity index (χ0v) is 12.7. The van der Waals surface area contributed by atoms with Crippen molar-refractivity contribution in [1.29, 1.82) is 0 Å². The summed E-state index contributed by atoms with van der Waals surface area (Å²) < 4.78 is 1.87. The van der Waals surface area contributed by atoms with Gasteiger partial charge in [-0.05, 0) is 44.2 Å². The Labute approximate surface area is 126 Å². The van der Waals surface area contributed by atoms with Gasteiger partial charge in [-0.3, -0.25) is 9.78 Å². The van der Waals surface area contributed by atoms with Crippen molar-refractivity contribution in [2.24, 2.45) is 0 Å². The monoisotopic (exact) mass is 299 g/mol. The number of aromatic nitrogens is 4. The molecule has 1 aromatic carbocycles. The predicted molar refractivity (Wildman–Crippen MR) is 84.4 cm³/mol. The number of nitrogens with zero attached hydrogens (tertiary/aromatic N) is 3. The second-order valence-corrected chi connectivity index (χ2v) is 5.34. The SMILES string of the molecule is CNCCn1c2nc(=O)[nH]c(=O)c-2nc2cc(C)c(C)cc21. The predicted octanol–water partition coefficient (Wildman–Crippen LogP) is 0.421. The zero-order valence-electron chi connectivity index (χ0n) is 12.7. The van der Waals surface area contributed by atoms with Crippen LogP contribution in [0, 0.1) is 13.8 Å². The Bertz CT molecular complexity index is 941. The molecule has 0 bridgehead atoms. The van der Waals surface area contributed by atoms with Gasteiger partial charge in [0.05, 0.1) is 11.0 Å². The van der Waals surface area contributed by atoms with Crippen molar-refractivity contribution in [3.05, 3.63) is 44.1 Å². The molecule has 2 heterocycles. The second kappa shape index (κ2) is 5.34. The van der Waals surface area contributed by atoms with Crippen LogP contribution in [0.2, 0.25) is 0 Å². The van der Waals surface area contributed by atoms with Crippen LogP contribution in [0.5, 0.6) is 0 Å². The molecular weight excluding hydrogens is 282 g/mol. The summed E-state index contributed by atoms with van der Waals surface area (Å²) in [5.41, 5.74) is 2.84. The molecule has 7 heteroatoms. The van der Waals surface area contributed by atoms with Crippen LogP contribution in [0.1, 0.15) is 11.1 Å². The highest BCUT2D eigenvalue weighted by molar-refractivity contribution is 5.81. The zero-order chi connectivity index (χ0) is 15.9. The van der Waals surface area contributed by atoms with Gasteiger partial charge in [-0.2, -0.15) is 4.98 Å². The Hall–Kier alpha value is -2.54. The molecule has 7 nitrogen and oxygen atoms in total. The average molecular weight is 299 g/mol. The van der Waals surface area contributed by atoms with Crippen LogP contribution in [0.3, 0.4) is 0 Å². The van der Waals surface area contributed by atoms with E-state index in [1.165, 1.54) is 0 Å². The van der Waals surface area contributed by atoms with Crippen LogP contribution in [0.15, 0.2) is 21.7 Å². The van der Waals surface area contributed by atoms with Crippen molar-refractivity contribution in [3.63, 3.8) is 0 Å². The first-order valence-electron chi connectivity index (χ1n) is 7.07. The fraction of sp³-hybridized carbons (Fsp3) is 0.333. The molecule has 2 aliphatic rings.